The molecule has 0 amide bonds. The molecule has 0 bridgehead atoms. The van der Waals surface area contributed by atoms with Gasteiger partial charge in [-0.25, -0.2) is 13.1 Å². The van der Waals surface area contributed by atoms with Crippen LogP contribution >= 0.6 is 0 Å². The van der Waals surface area contributed by atoms with E-state index in [0.29, 0.717) is 36.6 Å². The number of anilines is 1. The first-order valence-electron chi connectivity index (χ1n) is 12.3. The lowest BCUT2D eigenvalue weighted by Gasteiger charge is -2.21. The van der Waals surface area contributed by atoms with Crippen molar-refractivity contribution in [2.24, 2.45) is 16.9 Å². The molecule has 190 valence electrons. The molecule has 2 N–H and O–H groups in total. The van der Waals surface area contributed by atoms with Crippen molar-refractivity contribution in [3.8, 4) is 6.07 Å². The lowest BCUT2D eigenvalue weighted by Crippen LogP contribution is -2.37. The molecule has 2 unspecified atom stereocenters. The van der Waals surface area contributed by atoms with Gasteiger partial charge >= 0.3 is 0 Å². The second-order valence-corrected chi connectivity index (χ2v) is 10.7. The third-order valence-electron chi connectivity index (χ3n) is 6.31. The number of Topliss-reactive ketones (excluding diaryl/α,β-unsaturated/α-hetero) is 2. The maximum Gasteiger partial charge on any atom is 0.240 e. The van der Waals surface area contributed by atoms with Crippen LogP contribution in [0.1, 0.15) is 72.6 Å². The van der Waals surface area contributed by atoms with Gasteiger partial charge in [-0.1, -0.05) is 46.5 Å². The van der Waals surface area contributed by atoms with Gasteiger partial charge in [0.1, 0.15) is 17.4 Å². The normalized spacial score (nSPS) is 18.6. The number of benzene rings is 1. The van der Waals surface area contributed by atoms with Gasteiger partial charge in [-0.15, -0.1) is 0 Å². The Morgan fingerprint density at radius 1 is 1.06 bits per heavy atom. The zero-order chi connectivity index (χ0) is 26.0. The second kappa shape index (κ2) is 13.3. The van der Waals surface area contributed by atoms with Gasteiger partial charge in [0.2, 0.25) is 10.0 Å². The van der Waals surface area contributed by atoms with Gasteiger partial charge in [-0.3, -0.25) is 15.0 Å². The van der Waals surface area contributed by atoms with Gasteiger partial charge in [-0.2, -0.15) is 10.4 Å². The van der Waals surface area contributed by atoms with E-state index in [2.05, 4.69) is 29.1 Å². The SMILES string of the molecule is CCCCC1=C(C#N)C(=O)C(C)C(=O)C1=NNc1ccc(S(=O)(=O)NCC(CC)CCCC)cc1. The lowest BCUT2D eigenvalue weighted by atomic mass is 9.80. The van der Waals surface area contributed by atoms with E-state index < -0.39 is 27.5 Å². The van der Waals surface area contributed by atoms with Gasteiger partial charge in [0.25, 0.3) is 0 Å². The van der Waals surface area contributed by atoms with E-state index >= 15 is 0 Å². The summed E-state index contributed by atoms with van der Waals surface area (Å²) in [6, 6.07) is 8.02. The van der Waals surface area contributed by atoms with Crippen molar-refractivity contribution in [1.82, 2.24) is 4.72 Å². The first kappa shape index (κ1) is 28.4. The summed E-state index contributed by atoms with van der Waals surface area (Å²) in [6.45, 7) is 8.04. The maximum absolute atomic E-state index is 12.8. The van der Waals surface area contributed by atoms with Crippen molar-refractivity contribution >= 4 is 33.0 Å². The molecule has 0 aromatic heterocycles. The molecular weight excluding hydrogens is 464 g/mol. The second-order valence-electron chi connectivity index (χ2n) is 8.88. The quantitative estimate of drug-likeness (QED) is 0.297. The van der Waals surface area contributed by atoms with Gasteiger partial charge < -0.3 is 0 Å². The van der Waals surface area contributed by atoms with Gasteiger partial charge in [0.15, 0.2) is 11.6 Å². The van der Waals surface area contributed by atoms with E-state index in [-0.39, 0.29) is 16.2 Å². The number of hydrogen-bond donors (Lipinski definition) is 2. The summed E-state index contributed by atoms with van der Waals surface area (Å²) < 4.78 is 28.1. The van der Waals surface area contributed by atoms with Crippen molar-refractivity contribution in [2.45, 2.75) is 77.5 Å². The average Bonchev–Trinajstić information content (AvgIpc) is 2.86. The Balaban J connectivity index is 2.20. The van der Waals surface area contributed by atoms with E-state index in [4.69, 9.17) is 0 Å². The fraction of sp³-hybridized carbons (Fsp3) is 0.538. The van der Waals surface area contributed by atoms with Crippen LogP contribution < -0.4 is 10.1 Å². The average molecular weight is 501 g/mol. The van der Waals surface area contributed by atoms with Crippen LogP contribution in [0.3, 0.4) is 0 Å². The molecule has 0 spiro atoms. The number of ketones is 2. The lowest BCUT2D eigenvalue weighted by molar-refractivity contribution is -0.126. The minimum absolute atomic E-state index is 0.0112. The number of hydrogen-bond acceptors (Lipinski definition) is 7. The van der Waals surface area contributed by atoms with Crippen LogP contribution in [0.15, 0.2) is 45.4 Å². The summed E-state index contributed by atoms with van der Waals surface area (Å²) in [5.41, 5.74) is 3.71. The highest BCUT2D eigenvalue weighted by molar-refractivity contribution is 7.89. The first-order valence-corrected chi connectivity index (χ1v) is 13.8. The molecule has 0 fully saturated rings. The van der Waals surface area contributed by atoms with Crippen molar-refractivity contribution in [2.75, 3.05) is 12.0 Å². The molecule has 0 saturated heterocycles. The monoisotopic (exact) mass is 500 g/mol. The molecule has 0 heterocycles. The van der Waals surface area contributed by atoms with Gasteiger partial charge in [0, 0.05) is 12.1 Å². The van der Waals surface area contributed by atoms with Crippen molar-refractivity contribution in [1.29, 1.82) is 5.26 Å². The molecule has 8 nitrogen and oxygen atoms in total. The Bertz CT molecular complexity index is 1120. The molecule has 2 atom stereocenters. The predicted octanol–water partition coefficient (Wildman–Crippen LogP) is 4.75. The van der Waals surface area contributed by atoms with E-state index in [9.17, 15) is 23.3 Å². The molecule has 1 aliphatic rings. The molecule has 0 aliphatic heterocycles. The zero-order valence-electron chi connectivity index (χ0n) is 21.1. The Morgan fingerprint density at radius 2 is 1.71 bits per heavy atom. The van der Waals surface area contributed by atoms with Crippen LogP contribution in [-0.2, 0) is 19.6 Å². The minimum Gasteiger partial charge on any atom is -0.293 e. The summed E-state index contributed by atoms with van der Waals surface area (Å²) in [6.07, 6.45) is 6.01. The van der Waals surface area contributed by atoms with E-state index in [1.54, 1.807) is 12.1 Å². The molecule has 9 heteroatoms. The standard InChI is InChI=1S/C26H36N4O4S/c1-5-8-10-19(7-3)17-28-35(33,34)21-14-12-20(13-15-21)29-30-24-22(11-9-6-2)23(16-27)25(31)18(4)26(24)32/h12-15,18-19,28-29H,5-11,17H2,1-4H3. The fourth-order valence-corrected chi connectivity index (χ4v) is 5.00. The van der Waals surface area contributed by atoms with E-state index in [0.717, 1.165) is 32.1 Å². The number of nitriles is 1. The Morgan fingerprint density at radius 3 is 2.29 bits per heavy atom. The van der Waals surface area contributed by atoms with E-state index in [1.807, 2.05) is 13.0 Å². The molecule has 35 heavy (non-hydrogen) atoms. The van der Waals surface area contributed by atoms with Gasteiger partial charge in [-0.05, 0) is 56.4 Å². The number of nitrogens with one attached hydrogen (secondary N) is 2. The van der Waals surface area contributed by atoms with Crippen LogP contribution in [0.25, 0.3) is 0 Å². The van der Waals surface area contributed by atoms with Crippen molar-refractivity contribution < 1.29 is 18.0 Å². The van der Waals surface area contributed by atoms with Crippen LogP contribution in [-0.4, -0.2) is 32.2 Å². The van der Waals surface area contributed by atoms with E-state index in [1.165, 1.54) is 19.1 Å². The summed E-state index contributed by atoms with van der Waals surface area (Å²) >= 11 is 0. The number of carbonyl (C=O) groups is 2. The Hall–Kier alpha value is -2.83. The molecule has 1 aromatic carbocycles. The molecule has 2 rings (SSSR count). The third kappa shape index (κ3) is 7.33. The van der Waals surface area contributed by atoms with Crippen LogP contribution in [0.4, 0.5) is 5.69 Å². The van der Waals surface area contributed by atoms with Gasteiger partial charge in [0.05, 0.1) is 16.5 Å². The minimum atomic E-state index is -3.64. The zero-order valence-corrected chi connectivity index (χ0v) is 21.9. The topological polar surface area (TPSA) is 128 Å². The Labute approximate surface area is 208 Å². The first-order chi connectivity index (χ1) is 16.7. The highest BCUT2D eigenvalue weighted by atomic mass is 32.2. The molecule has 0 saturated carbocycles. The maximum atomic E-state index is 12.8. The highest BCUT2D eigenvalue weighted by Crippen LogP contribution is 2.26. The highest BCUT2D eigenvalue weighted by Gasteiger charge is 2.37. The Kier molecular flexibility index (Phi) is 10.8. The number of carbonyl (C=O) groups excluding carboxylic acids is 2. The van der Waals surface area contributed by atoms with Crippen LogP contribution in [0, 0.1) is 23.2 Å². The molecule has 1 aromatic rings. The number of nitrogens with zero attached hydrogens (tertiary/aromatic N) is 2. The summed E-state index contributed by atoms with van der Waals surface area (Å²) in [5.74, 6) is -1.55. The summed E-state index contributed by atoms with van der Waals surface area (Å²) in [7, 11) is -3.64. The number of unbranched alkanes of at least 4 members (excludes halogenated alkanes) is 2. The number of rotatable bonds is 13. The number of allylic oxidation sites excluding steroid dienone is 2. The number of sulfonamides is 1. The summed E-state index contributed by atoms with van der Waals surface area (Å²) in [5, 5.41) is 13.7. The number of hydrazone groups is 1. The van der Waals surface area contributed by atoms with Crippen molar-refractivity contribution in [3.63, 3.8) is 0 Å². The molecular formula is C26H36N4O4S. The smallest absolute Gasteiger partial charge is 0.240 e. The summed E-state index contributed by atoms with van der Waals surface area (Å²) in [4.78, 5) is 25.3. The molecule has 0 radical (unpaired) electrons. The van der Waals surface area contributed by atoms with Crippen LogP contribution in [0.5, 0.6) is 0 Å². The molecule has 1 aliphatic carbocycles. The predicted molar refractivity (Wildman–Crippen MR) is 137 cm³/mol. The largest absolute Gasteiger partial charge is 0.293 e. The van der Waals surface area contributed by atoms with Crippen molar-refractivity contribution in [3.05, 3.63) is 35.4 Å². The third-order valence-corrected chi connectivity index (χ3v) is 7.75. The fourth-order valence-electron chi connectivity index (χ4n) is 3.88. The van der Waals surface area contributed by atoms with Crippen LogP contribution in [0.2, 0.25) is 0 Å².